The van der Waals surface area contributed by atoms with E-state index in [1.807, 2.05) is 35.7 Å². The molecule has 1 saturated heterocycles. The van der Waals surface area contributed by atoms with Gasteiger partial charge in [-0.25, -0.2) is 0 Å². The van der Waals surface area contributed by atoms with Crippen molar-refractivity contribution >= 4 is 28.1 Å². The van der Waals surface area contributed by atoms with Crippen molar-refractivity contribution in [3.8, 4) is 10.7 Å². The molecule has 1 N–H and O–H groups in total. The lowest BCUT2D eigenvalue weighted by Gasteiger charge is -2.34. The molecule has 0 aliphatic carbocycles. The van der Waals surface area contributed by atoms with Gasteiger partial charge in [-0.2, -0.15) is 4.98 Å². The number of thiophene rings is 1. The molecule has 1 aliphatic heterocycles. The van der Waals surface area contributed by atoms with Gasteiger partial charge in [0.15, 0.2) is 0 Å². The summed E-state index contributed by atoms with van der Waals surface area (Å²) in [5.41, 5.74) is 0.728. The normalized spacial score (nSPS) is 14.8. The first kappa shape index (κ1) is 20.6. The number of nitrogens with one attached hydrogen (secondary N) is 1. The number of fused-ring (bicyclic) bond motifs is 1. The highest BCUT2D eigenvalue weighted by atomic mass is 32.1. The number of benzene rings is 1. The van der Waals surface area contributed by atoms with E-state index in [0.717, 1.165) is 42.9 Å². The van der Waals surface area contributed by atoms with Crippen molar-refractivity contribution < 1.29 is 9.32 Å². The van der Waals surface area contributed by atoms with Crippen molar-refractivity contribution in [1.82, 2.24) is 24.9 Å². The van der Waals surface area contributed by atoms with Crippen LogP contribution < -0.4 is 5.43 Å². The van der Waals surface area contributed by atoms with Crippen LogP contribution in [0.5, 0.6) is 0 Å². The molecule has 0 unspecified atom stereocenters. The zero-order valence-corrected chi connectivity index (χ0v) is 18.3. The number of nitrogens with zero attached hydrogens (tertiary/aromatic N) is 4. The summed E-state index contributed by atoms with van der Waals surface area (Å²) in [6, 6.07) is 11.2. The number of pyridine rings is 1. The van der Waals surface area contributed by atoms with Crippen LogP contribution in [-0.2, 0) is 6.42 Å². The Bertz CT molecular complexity index is 1270. The molecule has 1 amide bonds. The lowest BCUT2D eigenvalue weighted by molar-refractivity contribution is 0.0634. The highest BCUT2D eigenvalue weighted by Gasteiger charge is 2.24. The minimum absolute atomic E-state index is 0.204. The number of aromatic amines is 1. The maximum Gasteiger partial charge on any atom is 0.259 e. The van der Waals surface area contributed by atoms with Crippen LogP contribution in [0.1, 0.15) is 22.7 Å². The monoisotopic (exact) mass is 449 g/mol. The van der Waals surface area contributed by atoms with Crippen LogP contribution in [0.4, 0.5) is 0 Å². The molecule has 1 aromatic carbocycles. The van der Waals surface area contributed by atoms with Crippen LogP contribution in [-0.4, -0.2) is 63.6 Å². The first-order valence-corrected chi connectivity index (χ1v) is 11.6. The molecule has 0 spiro atoms. The Morgan fingerprint density at radius 1 is 1.12 bits per heavy atom. The maximum atomic E-state index is 12.9. The summed E-state index contributed by atoms with van der Waals surface area (Å²) in [6.45, 7) is 3.67. The van der Waals surface area contributed by atoms with E-state index >= 15 is 0 Å². The summed E-state index contributed by atoms with van der Waals surface area (Å²) in [4.78, 5) is 38.3. The first-order chi connectivity index (χ1) is 15.7. The van der Waals surface area contributed by atoms with Gasteiger partial charge in [0.05, 0.1) is 4.88 Å². The van der Waals surface area contributed by atoms with E-state index in [9.17, 15) is 9.59 Å². The second-order valence-corrected chi connectivity index (χ2v) is 8.75. The van der Waals surface area contributed by atoms with Crippen LogP contribution >= 0.6 is 11.3 Å². The van der Waals surface area contributed by atoms with Crippen molar-refractivity contribution in [3.05, 3.63) is 69.7 Å². The second kappa shape index (κ2) is 9.05. The minimum atomic E-state index is -0.215. The summed E-state index contributed by atoms with van der Waals surface area (Å²) in [7, 11) is 0. The molecule has 0 atom stereocenters. The Kier molecular flexibility index (Phi) is 5.83. The number of piperazine rings is 1. The predicted molar refractivity (Wildman–Crippen MR) is 123 cm³/mol. The van der Waals surface area contributed by atoms with E-state index in [2.05, 4.69) is 20.0 Å². The van der Waals surface area contributed by atoms with Gasteiger partial charge in [-0.15, -0.1) is 11.3 Å². The smallest absolute Gasteiger partial charge is 0.259 e. The molecular weight excluding hydrogens is 426 g/mol. The van der Waals surface area contributed by atoms with E-state index in [1.54, 1.807) is 22.3 Å². The molecule has 0 saturated carbocycles. The SMILES string of the molecule is O=C(c1c[nH]c2ccccc2c1=O)N1CCN(CCCc2nc(-c3cccs3)no2)CC1. The topological polar surface area (TPSA) is 95.3 Å². The highest BCUT2D eigenvalue weighted by Crippen LogP contribution is 2.21. The molecule has 3 aromatic heterocycles. The lowest BCUT2D eigenvalue weighted by atomic mass is 10.1. The molecule has 4 aromatic rings. The molecular formula is C23H23N5O3S. The number of carbonyl (C=O) groups excluding carboxylic acids is 1. The van der Waals surface area contributed by atoms with Crippen LogP contribution in [0, 0.1) is 0 Å². The molecule has 164 valence electrons. The number of amides is 1. The molecule has 1 aliphatic rings. The fraction of sp³-hybridized carbons (Fsp3) is 0.304. The molecule has 9 heteroatoms. The Labute approximate surface area is 188 Å². The van der Waals surface area contributed by atoms with Crippen molar-refractivity contribution in [2.75, 3.05) is 32.7 Å². The molecule has 4 heterocycles. The summed E-state index contributed by atoms with van der Waals surface area (Å²) in [5.74, 6) is 1.09. The Balaban J connectivity index is 1.12. The zero-order valence-electron chi connectivity index (χ0n) is 17.5. The number of aromatic nitrogens is 3. The van der Waals surface area contributed by atoms with Crippen molar-refractivity contribution in [2.45, 2.75) is 12.8 Å². The highest BCUT2D eigenvalue weighted by molar-refractivity contribution is 7.13. The largest absolute Gasteiger partial charge is 0.360 e. The third-order valence-corrected chi connectivity index (χ3v) is 6.62. The van der Waals surface area contributed by atoms with E-state index in [1.165, 1.54) is 6.20 Å². The number of hydrogen-bond donors (Lipinski definition) is 1. The number of carbonyl (C=O) groups is 1. The van der Waals surface area contributed by atoms with Gasteiger partial charge in [0.25, 0.3) is 5.91 Å². The minimum Gasteiger partial charge on any atom is -0.360 e. The van der Waals surface area contributed by atoms with Gasteiger partial charge in [-0.3, -0.25) is 14.5 Å². The third kappa shape index (κ3) is 4.21. The molecule has 0 radical (unpaired) electrons. The fourth-order valence-electron chi connectivity index (χ4n) is 3.99. The van der Waals surface area contributed by atoms with Gasteiger partial charge in [0, 0.05) is 49.7 Å². The Morgan fingerprint density at radius 2 is 1.97 bits per heavy atom. The van der Waals surface area contributed by atoms with E-state index in [4.69, 9.17) is 4.52 Å². The van der Waals surface area contributed by atoms with Crippen molar-refractivity contribution in [3.63, 3.8) is 0 Å². The zero-order chi connectivity index (χ0) is 21.9. The summed E-state index contributed by atoms with van der Waals surface area (Å²) in [6.07, 6.45) is 3.17. The quantitative estimate of drug-likeness (QED) is 0.486. The van der Waals surface area contributed by atoms with Crippen LogP contribution in [0.25, 0.3) is 21.6 Å². The lowest BCUT2D eigenvalue weighted by Crippen LogP contribution is -2.49. The molecule has 32 heavy (non-hydrogen) atoms. The summed E-state index contributed by atoms with van der Waals surface area (Å²) in [5, 5.41) is 6.58. The van der Waals surface area contributed by atoms with Crippen molar-refractivity contribution in [2.24, 2.45) is 0 Å². The van der Waals surface area contributed by atoms with Gasteiger partial charge in [0.2, 0.25) is 17.1 Å². The Hall–Kier alpha value is -3.30. The van der Waals surface area contributed by atoms with Gasteiger partial charge in [-0.05, 0) is 36.5 Å². The van der Waals surface area contributed by atoms with Gasteiger partial charge in [-0.1, -0.05) is 23.4 Å². The van der Waals surface area contributed by atoms with Crippen LogP contribution in [0.3, 0.4) is 0 Å². The van der Waals surface area contributed by atoms with Crippen molar-refractivity contribution in [1.29, 1.82) is 0 Å². The standard InChI is InChI=1S/C23H23N5O3S/c29-21-16-5-1-2-6-18(16)24-15-17(21)23(30)28-12-10-27(11-13-28)9-3-8-20-25-22(26-31-20)19-7-4-14-32-19/h1-2,4-7,14-15H,3,8-13H2,(H,24,29). The van der Waals surface area contributed by atoms with Crippen LogP contribution in [0.2, 0.25) is 0 Å². The molecule has 8 nitrogen and oxygen atoms in total. The summed E-state index contributed by atoms with van der Waals surface area (Å²) < 4.78 is 5.36. The van der Waals surface area contributed by atoms with Crippen LogP contribution in [0.15, 0.2) is 57.3 Å². The number of hydrogen-bond acceptors (Lipinski definition) is 7. The van der Waals surface area contributed by atoms with Gasteiger partial charge < -0.3 is 14.4 Å². The number of H-pyrrole nitrogens is 1. The van der Waals surface area contributed by atoms with Gasteiger partial charge >= 0.3 is 0 Å². The first-order valence-electron chi connectivity index (χ1n) is 10.7. The predicted octanol–water partition coefficient (Wildman–Crippen LogP) is 3.03. The average molecular weight is 450 g/mol. The van der Waals surface area contributed by atoms with E-state index in [0.29, 0.717) is 30.2 Å². The van der Waals surface area contributed by atoms with E-state index in [-0.39, 0.29) is 16.9 Å². The Morgan fingerprint density at radius 3 is 2.78 bits per heavy atom. The number of rotatable bonds is 6. The number of para-hydroxylation sites is 1. The summed E-state index contributed by atoms with van der Waals surface area (Å²) >= 11 is 1.59. The number of aryl methyl sites for hydroxylation is 1. The molecule has 1 fully saturated rings. The fourth-order valence-corrected chi connectivity index (χ4v) is 4.64. The molecule has 0 bridgehead atoms. The maximum absolute atomic E-state index is 12.9. The second-order valence-electron chi connectivity index (χ2n) is 7.80. The average Bonchev–Trinajstić information content (AvgIpc) is 3.52. The third-order valence-electron chi connectivity index (χ3n) is 5.75. The molecule has 5 rings (SSSR count). The van der Waals surface area contributed by atoms with E-state index < -0.39 is 0 Å². The van der Waals surface area contributed by atoms with Gasteiger partial charge in [0.1, 0.15) is 5.56 Å².